The molecule has 0 atom stereocenters. The van der Waals surface area contributed by atoms with Crippen molar-refractivity contribution in [1.29, 1.82) is 0 Å². The quantitative estimate of drug-likeness (QED) is 0.288. The standard InChI is InChI=1S/C22H24FN5O3.C2HF3O2/c23-19-5-2-1-4-18(19)20(29)25-17-8-6-16(7-9-17)21-26-27-22(31-21)24-10-3-11-28-12-14-30-15-13-28;3-2(4,5)1(6)7/h1-2,4-9H,3,10-15H2,(H,24,27)(H,25,29);(H,6,7). The number of rotatable bonds is 8. The van der Waals surface area contributed by atoms with E-state index in [0.29, 0.717) is 17.6 Å². The van der Waals surface area contributed by atoms with Crippen molar-refractivity contribution in [2.45, 2.75) is 12.6 Å². The summed E-state index contributed by atoms with van der Waals surface area (Å²) in [5.74, 6) is -3.45. The Bertz CT molecular complexity index is 1200. The fourth-order valence-electron chi connectivity index (χ4n) is 3.27. The van der Waals surface area contributed by atoms with Gasteiger partial charge in [-0.3, -0.25) is 9.69 Å². The monoisotopic (exact) mass is 539 g/mol. The lowest BCUT2D eigenvalue weighted by atomic mass is 10.1. The van der Waals surface area contributed by atoms with Gasteiger partial charge in [0.2, 0.25) is 5.89 Å². The molecule has 0 radical (unpaired) electrons. The second-order valence-corrected chi connectivity index (χ2v) is 7.96. The van der Waals surface area contributed by atoms with Crippen LogP contribution in [0.5, 0.6) is 0 Å². The normalized spacial score (nSPS) is 13.8. The minimum Gasteiger partial charge on any atom is -0.475 e. The highest BCUT2D eigenvalue weighted by molar-refractivity contribution is 6.04. The zero-order valence-corrected chi connectivity index (χ0v) is 20.0. The number of halogens is 4. The number of carbonyl (C=O) groups excluding carboxylic acids is 1. The van der Waals surface area contributed by atoms with Gasteiger partial charge in [0, 0.05) is 30.9 Å². The molecule has 0 aliphatic carbocycles. The molecule has 1 aliphatic rings. The van der Waals surface area contributed by atoms with Gasteiger partial charge in [0.15, 0.2) is 0 Å². The SMILES string of the molecule is O=C(Nc1ccc(-c2nnc(NCCCN3CCOCC3)o2)cc1)c1ccccc1F.O=C(O)C(F)(F)F. The van der Waals surface area contributed by atoms with Gasteiger partial charge in [-0.1, -0.05) is 17.2 Å². The number of aliphatic carboxylic acids is 1. The van der Waals surface area contributed by atoms with Gasteiger partial charge >= 0.3 is 18.2 Å². The first kappa shape index (κ1) is 28.5. The van der Waals surface area contributed by atoms with Gasteiger partial charge in [-0.2, -0.15) is 13.2 Å². The molecule has 4 rings (SSSR count). The third-order valence-corrected chi connectivity index (χ3v) is 5.21. The molecule has 38 heavy (non-hydrogen) atoms. The van der Waals surface area contributed by atoms with Crippen molar-refractivity contribution >= 4 is 23.6 Å². The largest absolute Gasteiger partial charge is 0.490 e. The number of aromatic nitrogens is 2. The van der Waals surface area contributed by atoms with E-state index in [4.69, 9.17) is 19.1 Å². The molecule has 0 bridgehead atoms. The van der Waals surface area contributed by atoms with Crippen LogP contribution in [-0.4, -0.2) is 77.6 Å². The molecule has 1 aliphatic heterocycles. The van der Waals surface area contributed by atoms with E-state index in [1.807, 2.05) is 0 Å². The van der Waals surface area contributed by atoms with Crippen molar-refractivity contribution in [3.8, 4) is 11.5 Å². The van der Waals surface area contributed by atoms with Gasteiger partial charge in [0.05, 0.1) is 18.8 Å². The summed E-state index contributed by atoms with van der Waals surface area (Å²) in [6.45, 7) is 5.28. The summed E-state index contributed by atoms with van der Waals surface area (Å²) >= 11 is 0. The number of morpholine rings is 1. The Morgan fingerprint density at radius 1 is 1.03 bits per heavy atom. The molecule has 10 nitrogen and oxygen atoms in total. The number of nitrogens with zero attached hydrogens (tertiary/aromatic N) is 3. The Morgan fingerprint density at radius 3 is 2.32 bits per heavy atom. The van der Waals surface area contributed by atoms with E-state index >= 15 is 0 Å². The van der Waals surface area contributed by atoms with Gasteiger partial charge in [-0.15, -0.1) is 5.10 Å². The van der Waals surface area contributed by atoms with Crippen LogP contribution in [-0.2, 0) is 9.53 Å². The number of carboxylic acid groups (broad SMARTS) is 1. The molecule has 204 valence electrons. The van der Waals surface area contributed by atoms with Gasteiger partial charge in [0.1, 0.15) is 5.82 Å². The van der Waals surface area contributed by atoms with Crippen LogP contribution in [0.15, 0.2) is 52.9 Å². The smallest absolute Gasteiger partial charge is 0.475 e. The first-order valence-electron chi connectivity index (χ1n) is 11.5. The second kappa shape index (κ2) is 13.5. The average molecular weight is 539 g/mol. The maximum absolute atomic E-state index is 13.7. The number of carbonyl (C=O) groups is 2. The van der Waals surface area contributed by atoms with Gasteiger partial charge in [-0.25, -0.2) is 9.18 Å². The van der Waals surface area contributed by atoms with Crippen molar-refractivity contribution in [2.75, 3.05) is 50.0 Å². The van der Waals surface area contributed by atoms with E-state index in [0.717, 1.165) is 51.4 Å². The summed E-state index contributed by atoms with van der Waals surface area (Å²) in [6, 6.07) is 13.1. The molecule has 0 unspecified atom stereocenters. The first-order chi connectivity index (χ1) is 18.1. The number of amides is 1. The van der Waals surface area contributed by atoms with Crippen LogP contribution in [0.1, 0.15) is 16.8 Å². The number of hydrogen-bond acceptors (Lipinski definition) is 8. The summed E-state index contributed by atoms with van der Waals surface area (Å²) in [6.07, 6.45) is -4.12. The molecule has 1 fully saturated rings. The van der Waals surface area contributed by atoms with Crippen LogP contribution in [0.3, 0.4) is 0 Å². The maximum Gasteiger partial charge on any atom is 0.490 e. The van der Waals surface area contributed by atoms with Crippen molar-refractivity contribution < 1.29 is 41.4 Å². The average Bonchev–Trinajstić information content (AvgIpc) is 3.37. The zero-order chi connectivity index (χ0) is 27.5. The fraction of sp³-hybridized carbons (Fsp3) is 0.333. The molecule has 3 N–H and O–H groups in total. The Hall–Kier alpha value is -4.04. The van der Waals surface area contributed by atoms with Crippen LogP contribution in [0.2, 0.25) is 0 Å². The highest BCUT2D eigenvalue weighted by atomic mass is 19.4. The molecule has 14 heteroatoms. The van der Waals surface area contributed by atoms with Crippen molar-refractivity contribution in [3.63, 3.8) is 0 Å². The molecule has 2 heterocycles. The van der Waals surface area contributed by atoms with E-state index in [-0.39, 0.29) is 5.56 Å². The molecule has 1 amide bonds. The maximum atomic E-state index is 13.7. The topological polar surface area (TPSA) is 130 Å². The summed E-state index contributed by atoms with van der Waals surface area (Å²) in [4.78, 5) is 23.5. The number of nitrogens with one attached hydrogen (secondary N) is 2. The predicted molar refractivity (Wildman–Crippen MR) is 128 cm³/mol. The summed E-state index contributed by atoms with van der Waals surface area (Å²) in [5, 5.41) is 21.0. The Kier molecular flexibility index (Phi) is 10.1. The van der Waals surface area contributed by atoms with Gasteiger partial charge in [0.25, 0.3) is 5.91 Å². The third-order valence-electron chi connectivity index (χ3n) is 5.21. The molecule has 3 aromatic rings. The summed E-state index contributed by atoms with van der Waals surface area (Å²) < 4.78 is 56.5. The highest BCUT2D eigenvalue weighted by Crippen LogP contribution is 2.22. The zero-order valence-electron chi connectivity index (χ0n) is 20.0. The van der Waals surface area contributed by atoms with E-state index in [1.165, 1.54) is 12.1 Å². The van der Waals surface area contributed by atoms with Crippen LogP contribution < -0.4 is 10.6 Å². The lowest BCUT2D eigenvalue weighted by Gasteiger charge is -2.26. The Labute approximate surface area is 214 Å². The molecule has 1 aromatic heterocycles. The van der Waals surface area contributed by atoms with E-state index < -0.39 is 23.9 Å². The van der Waals surface area contributed by atoms with Crippen LogP contribution in [0.25, 0.3) is 11.5 Å². The first-order valence-corrected chi connectivity index (χ1v) is 11.5. The van der Waals surface area contributed by atoms with E-state index in [2.05, 4.69) is 25.7 Å². The van der Waals surface area contributed by atoms with E-state index in [1.54, 1.807) is 36.4 Å². The molecule has 0 spiro atoms. The second-order valence-electron chi connectivity index (χ2n) is 7.96. The van der Waals surface area contributed by atoms with E-state index in [9.17, 15) is 22.4 Å². The lowest BCUT2D eigenvalue weighted by Crippen LogP contribution is -2.37. The Balaban J connectivity index is 0.000000505. The number of hydrogen-bond donors (Lipinski definition) is 3. The summed E-state index contributed by atoms with van der Waals surface area (Å²) in [5.41, 5.74) is 1.25. The van der Waals surface area contributed by atoms with Crippen LogP contribution >= 0.6 is 0 Å². The van der Waals surface area contributed by atoms with Crippen LogP contribution in [0.4, 0.5) is 29.3 Å². The van der Waals surface area contributed by atoms with Crippen LogP contribution in [0, 0.1) is 5.82 Å². The number of alkyl halides is 3. The molecular formula is C24H25F4N5O5. The van der Waals surface area contributed by atoms with Crippen molar-refractivity contribution in [2.24, 2.45) is 0 Å². The third kappa shape index (κ3) is 8.81. The molecule has 1 saturated heterocycles. The predicted octanol–water partition coefficient (Wildman–Crippen LogP) is 3.90. The fourth-order valence-corrected chi connectivity index (χ4v) is 3.27. The number of ether oxygens (including phenoxy) is 1. The number of anilines is 2. The number of benzene rings is 2. The van der Waals surface area contributed by atoms with Crippen molar-refractivity contribution in [1.82, 2.24) is 15.1 Å². The number of carboxylic acids is 1. The van der Waals surface area contributed by atoms with Gasteiger partial charge < -0.3 is 24.9 Å². The van der Waals surface area contributed by atoms with Crippen molar-refractivity contribution in [3.05, 3.63) is 59.9 Å². The minimum absolute atomic E-state index is 0.00665. The minimum atomic E-state index is -5.08. The Morgan fingerprint density at radius 2 is 1.68 bits per heavy atom. The summed E-state index contributed by atoms with van der Waals surface area (Å²) in [7, 11) is 0. The molecule has 0 saturated carbocycles. The molecule has 2 aromatic carbocycles. The van der Waals surface area contributed by atoms with Gasteiger partial charge in [-0.05, 0) is 49.4 Å². The molecular weight excluding hydrogens is 514 g/mol. The lowest BCUT2D eigenvalue weighted by molar-refractivity contribution is -0.192. The highest BCUT2D eigenvalue weighted by Gasteiger charge is 2.38.